The van der Waals surface area contributed by atoms with E-state index < -0.39 is 0 Å². The number of benzene rings is 3. The van der Waals surface area contributed by atoms with Crippen LogP contribution in [0.4, 0.5) is 0 Å². The van der Waals surface area contributed by atoms with Crippen molar-refractivity contribution in [2.75, 3.05) is 0 Å². The highest BCUT2D eigenvalue weighted by atomic mass is 16.3. The van der Waals surface area contributed by atoms with Gasteiger partial charge in [-0.15, -0.1) is 0 Å². The molecule has 5 rings (SSSR count). The largest absolute Gasteiger partial charge is 0.508 e. The van der Waals surface area contributed by atoms with Crippen molar-refractivity contribution >= 4 is 10.9 Å². The number of aromatic nitrogens is 5. The molecule has 9 heteroatoms. The van der Waals surface area contributed by atoms with Crippen molar-refractivity contribution < 1.29 is 20.4 Å². The second-order valence-electron chi connectivity index (χ2n) is 7.61. The van der Waals surface area contributed by atoms with E-state index in [1.165, 1.54) is 24.3 Å². The van der Waals surface area contributed by atoms with Crippen LogP contribution in [0.25, 0.3) is 39.6 Å². The fourth-order valence-electron chi connectivity index (χ4n) is 3.57. The number of hydrogen-bond donors (Lipinski definition) is 4. The zero-order valence-electron chi connectivity index (χ0n) is 17.7. The molecule has 0 aliphatic rings. The molecule has 0 spiro atoms. The first-order valence-electron chi connectivity index (χ1n) is 10.1. The summed E-state index contributed by atoms with van der Waals surface area (Å²) in [5.74, 6) is -0.0395. The Hall–Kier alpha value is -4.66. The van der Waals surface area contributed by atoms with Gasteiger partial charge in [-0.05, 0) is 44.2 Å². The summed E-state index contributed by atoms with van der Waals surface area (Å²) in [6, 6.07) is 13.4. The molecule has 0 bridgehead atoms. The number of aromatic hydroxyl groups is 4. The Morgan fingerprint density at radius 1 is 0.667 bits per heavy atom. The van der Waals surface area contributed by atoms with E-state index in [1.807, 2.05) is 24.3 Å². The van der Waals surface area contributed by atoms with Gasteiger partial charge in [-0.25, -0.2) is 4.98 Å². The van der Waals surface area contributed by atoms with E-state index in [4.69, 9.17) is 0 Å². The number of phenols is 4. The molecule has 3 aromatic carbocycles. The van der Waals surface area contributed by atoms with Crippen molar-refractivity contribution in [1.29, 1.82) is 0 Å². The van der Waals surface area contributed by atoms with Crippen molar-refractivity contribution in [3.8, 4) is 51.7 Å². The van der Waals surface area contributed by atoms with Crippen molar-refractivity contribution in [3.63, 3.8) is 0 Å². The van der Waals surface area contributed by atoms with Gasteiger partial charge in [0.2, 0.25) is 0 Å². The van der Waals surface area contributed by atoms with Gasteiger partial charge in [0.05, 0.1) is 22.8 Å². The lowest BCUT2D eigenvalue weighted by molar-refractivity contribution is 0.443. The molecule has 164 valence electrons. The van der Waals surface area contributed by atoms with Crippen molar-refractivity contribution in [1.82, 2.24) is 24.7 Å². The Balaban J connectivity index is 1.81. The maximum Gasteiger partial charge on any atom is 0.255 e. The Morgan fingerprint density at radius 2 is 1.21 bits per heavy atom. The molecule has 33 heavy (non-hydrogen) atoms. The van der Waals surface area contributed by atoms with Crippen LogP contribution in [0.15, 0.2) is 54.7 Å². The number of fused-ring (bicyclic) bond motifs is 1. The summed E-state index contributed by atoms with van der Waals surface area (Å²) in [6.07, 6.45) is 1.68. The smallest absolute Gasteiger partial charge is 0.255 e. The second kappa shape index (κ2) is 7.49. The normalized spacial score (nSPS) is 11.2. The van der Waals surface area contributed by atoms with Crippen LogP contribution in [0.3, 0.4) is 0 Å². The number of rotatable bonds is 3. The van der Waals surface area contributed by atoms with Gasteiger partial charge in [0, 0.05) is 16.5 Å². The summed E-state index contributed by atoms with van der Waals surface area (Å²) in [5, 5.41) is 46.5. The fourth-order valence-corrected chi connectivity index (χ4v) is 3.57. The molecular formula is C24H19N5O4. The zero-order valence-corrected chi connectivity index (χ0v) is 17.7. The first-order chi connectivity index (χ1) is 15.8. The van der Waals surface area contributed by atoms with Crippen LogP contribution in [0.2, 0.25) is 0 Å². The first kappa shape index (κ1) is 20.3. The lowest BCUT2D eigenvalue weighted by Crippen LogP contribution is -2.07. The minimum Gasteiger partial charge on any atom is -0.508 e. The van der Waals surface area contributed by atoms with Gasteiger partial charge in [0.15, 0.2) is 11.6 Å². The summed E-state index contributed by atoms with van der Waals surface area (Å²) >= 11 is 0. The highest BCUT2D eigenvalue weighted by molar-refractivity contribution is 5.80. The van der Waals surface area contributed by atoms with E-state index in [1.54, 1.807) is 24.7 Å². The minimum absolute atomic E-state index is 0.0596. The number of nitrogens with zero attached hydrogens (tertiary/aromatic N) is 5. The average molecular weight is 441 g/mol. The Bertz CT molecular complexity index is 1470. The summed E-state index contributed by atoms with van der Waals surface area (Å²) in [6.45, 7) is 3.15. The lowest BCUT2D eigenvalue weighted by Gasteiger charge is -2.12. The van der Waals surface area contributed by atoms with Crippen LogP contribution in [0.1, 0.15) is 11.1 Å². The molecule has 0 saturated heterocycles. The highest BCUT2D eigenvalue weighted by Gasteiger charge is 2.20. The molecular weight excluding hydrogens is 422 g/mol. The molecule has 0 radical (unpaired) electrons. The predicted octanol–water partition coefficient (Wildman–Crippen LogP) is 3.98. The molecule has 2 aromatic heterocycles. The molecule has 0 atom stereocenters. The lowest BCUT2D eigenvalue weighted by atomic mass is 10.1. The van der Waals surface area contributed by atoms with Crippen molar-refractivity contribution in [2.45, 2.75) is 13.8 Å². The van der Waals surface area contributed by atoms with Crippen LogP contribution in [-0.2, 0) is 0 Å². The number of phenolic OH excluding ortho intramolecular Hbond substituents is 4. The number of para-hydroxylation sites is 1. The van der Waals surface area contributed by atoms with Crippen LogP contribution in [-0.4, -0.2) is 45.2 Å². The van der Waals surface area contributed by atoms with Crippen molar-refractivity contribution in [3.05, 3.63) is 65.9 Å². The Labute approximate surface area is 187 Å². The molecule has 2 heterocycles. The molecule has 0 aliphatic carbocycles. The fraction of sp³-hybridized carbons (Fsp3) is 0.0833. The molecule has 0 fully saturated rings. The molecule has 5 aromatic rings. The van der Waals surface area contributed by atoms with Gasteiger partial charge < -0.3 is 20.4 Å². The summed E-state index contributed by atoms with van der Waals surface area (Å²) < 4.78 is 1.54. The van der Waals surface area contributed by atoms with Gasteiger partial charge in [0.1, 0.15) is 23.0 Å². The third-order valence-electron chi connectivity index (χ3n) is 5.58. The predicted molar refractivity (Wildman–Crippen MR) is 121 cm³/mol. The standard InChI is InChI=1S/C24H19N5O4/c1-12-18(30)9-7-15(20(12)32)22-26-23(16-8-10-19(31)13(2)21(16)33)28-24(27-22)29-17-6-4-3-5-14(17)11-25-29/h3-11,30-33H,1-2H3. The van der Waals surface area contributed by atoms with Gasteiger partial charge in [-0.2, -0.15) is 19.7 Å². The van der Waals surface area contributed by atoms with Gasteiger partial charge in [-0.1, -0.05) is 18.2 Å². The Morgan fingerprint density at radius 3 is 1.79 bits per heavy atom. The maximum atomic E-state index is 10.7. The van der Waals surface area contributed by atoms with Crippen LogP contribution >= 0.6 is 0 Å². The van der Waals surface area contributed by atoms with Crippen molar-refractivity contribution in [2.24, 2.45) is 0 Å². The van der Waals surface area contributed by atoms with Crippen LogP contribution in [0, 0.1) is 13.8 Å². The summed E-state index contributed by atoms with van der Waals surface area (Å²) in [5.41, 5.74) is 1.88. The van der Waals surface area contributed by atoms with Crippen LogP contribution in [0.5, 0.6) is 23.0 Å². The van der Waals surface area contributed by atoms with Crippen LogP contribution < -0.4 is 0 Å². The minimum atomic E-state index is -0.172. The van der Waals surface area contributed by atoms with E-state index >= 15 is 0 Å². The van der Waals surface area contributed by atoms with E-state index in [0.29, 0.717) is 0 Å². The quantitative estimate of drug-likeness (QED) is 0.330. The van der Waals surface area contributed by atoms with E-state index in [9.17, 15) is 20.4 Å². The highest BCUT2D eigenvalue weighted by Crippen LogP contribution is 2.38. The third-order valence-corrected chi connectivity index (χ3v) is 5.58. The topological polar surface area (TPSA) is 137 Å². The van der Waals surface area contributed by atoms with Gasteiger partial charge in [0.25, 0.3) is 5.95 Å². The molecule has 0 saturated carbocycles. The van der Waals surface area contributed by atoms with E-state index in [0.717, 1.165) is 10.9 Å². The molecule has 0 amide bonds. The number of hydrogen-bond acceptors (Lipinski definition) is 8. The third kappa shape index (κ3) is 3.26. The first-order valence-corrected chi connectivity index (χ1v) is 10.1. The molecule has 9 nitrogen and oxygen atoms in total. The SMILES string of the molecule is Cc1c(O)ccc(-c2nc(-c3ccc(O)c(C)c3O)nc(-n3ncc4ccccc43)n2)c1O. The zero-order chi connectivity index (χ0) is 23.3. The molecule has 0 unspecified atom stereocenters. The monoisotopic (exact) mass is 441 g/mol. The van der Waals surface area contributed by atoms with E-state index in [2.05, 4.69) is 20.1 Å². The Kier molecular flexibility index (Phi) is 4.59. The summed E-state index contributed by atoms with van der Waals surface area (Å²) in [4.78, 5) is 13.5. The van der Waals surface area contributed by atoms with Gasteiger partial charge in [-0.3, -0.25) is 0 Å². The molecule has 0 aliphatic heterocycles. The molecule has 4 N–H and O–H groups in total. The van der Waals surface area contributed by atoms with Gasteiger partial charge >= 0.3 is 0 Å². The maximum absolute atomic E-state index is 10.7. The summed E-state index contributed by atoms with van der Waals surface area (Å²) in [7, 11) is 0. The average Bonchev–Trinajstić information content (AvgIpc) is 3.25. The van der Waals surface area contributed by atoms with E-state index in [-0.39, 0.29) is 62.8 Å². The second-order valence-corrected chi connectivity index (χ2v) is 7.61.